The number of ether oxygens (including phenoxy) is 1. The summed E-state index contributed by atoms with van der Waals surface area (Å²) in [6, 6.07) is 8.84. The molecule has 0 aliphatic carbocycles. The number of amides is 1. The Hall–Kier alpha value is -2.13. The van der Waals surface area contributed by atoms with Gasteiger partial charge in [-0.2, -0.15) is 4.98 Å². The van der Waals surface area contributed by atoms with Gasteiger partial charge >= 0.3 is 0 Å². The zero-order valence-electron chi connectivity index (χ0n) is 14.4. The van der Waals surface area contributed by atoms with Crippen LogP contribution in [-0.2, 0) is 11.2 Å². The number of carbonyl (C=O) groups excluding carboxylic acids is 1. The average molecular weight is 453 g/mol. The SMILES string of the molecule is O=C(COc1ccc(Cl)cc1Cl)NCCc1csc2nc(-c3cccs3)nn12. The van der Waals surface area contributed by atoms with Gasteiger partial charge in [-0.1, -0.05) is 29.3 Å². The van der Waals surface area contributed by atoms with Crippen LogP contribution in [0.4, 0.5) is 0 Å². The number of hydrogen-bond acceptors (Lipinski definition) is 6. The number of benzene rings is 1. The zero-order valence-corrected chi connectivity index (χ0v) is 17.5. The van der Waals surface area contributed by atoms with Gasteiger partial charge < -0.3 is 10.1 Å². The fourth-order valence-corrected chi connectivity index (χ4v) is 4.50. The Labute approximate surface area is 178 Å². The Morgan fingerprint density at radius 2 is 2.14 bits per heavy atom. The molecule has 0 bridgehead atoms. The third-order valence-electron chi connectivity index (χ3n) is 3.85. The zero-order chi connectivity index (χ0) is 19.5. The van der Waals surface area contributed by atoms with Crippen molar-refractivity contribution >= 4 is 56.7 Å². The van der Waals surface area contributed by atoms with Crippen molar-refractivity contribution in [1.82, 2.24) is 19.9 Å². The van der Waals surface area contributed by atoms with Crippen LogP contribution in [0.1, 0.15) is 5.69 Å². The Kier molecular flexibility index (Phi) is 5.82. The molecule has 0 radical (unpaired) electrons. The van der Waals surface area contributed by atoms with E-state index < -0.39 is 0 Å². The van der Waals surface area contributed by atoms with Gasteiger partial charge in [0.25, 0.3) is 5.91 Å². The Morgan fingerprint density at radius 1 is 1.25 bits per heavy atom. The minimum atomic E-state index is -0.227. The first-order valence-corrected chi connectivity index (χ1v) is 10.8. The highest BCUT2D eigenvalue weighted by Crippen LogP contribution is 2.27. The lowest BCUT2D eigenvalue weighted by Gasteiger charge is -2.08. The van der Waals surface area contributed by atoms with Gasteiger partial charge in [0.1, 0.15) is 5.75 Å². The number of thiazole rings is 1. The van der Waals surface area contributed by atoms with Crippen LogP contribution >= 0.6 is 45.9 Å². The van der Waals surface area contributed by atoms with Crippen LogP contribution in [0.15, 0.2) is 41.1 Å². The standard InChI is InChI=1S/C18H14Cl2N4O2S2/c19-11-3-4-14(13(20)8-11)26-9-16(25)21-6-5-12-10-28-18-22-17(23-24(12)18)15-2-1-7-27-15/h1-4,7-8,10H,5-6,9H2,(H,21,25). The van der Waals surface area contributed by atoms with E-state index in [1.165, 1.54) is 11.3 Å². The lowest BCUT2D eigenvalue weighted by Crippen LogP contribution is -2.30. The first-order valence-electron chi connectivity index (χ1n) is 8.32. The number of fused-ring (bicyclic) bond motifs is 1. The molecule has 1 aromatic carbocycles. The van der Waals surface area contributed by atoms with E-state index in [0.29, 0.717) is 28.8 Å². The van der Waals surface area contributed by atoms with Gasteiger partial charge in [-0.05, 0) is 29.6 Å². The molecule has 0 aliphatic rings. The molecule has 0 unspecified atom stereocenters. The second kappa shape index (κ2) is 8.48. The van der Waals surface area contributed by atoms with E-state index in [1.54, 1.807) is 29.5 Å². The minimum absolute atomic E-state index is 0.119. The van der Waals surface area contributed by atoms with E-state index in [0.717, 1.165) is 21.4 Å². The summed E-state index contributed by atoms with van der Waals surface area (Å²) >= 11 is 15.0. The maximum Gasteiger partial charge on any atom is 0.257 e. The molecule has 0 atom stereocenters. The number of halogens is 2. The fraction of sp³-hybridized carbons (Fsp3) is 0.167. The molecule has 4 aromatic rings. The van der Waals surface area contributed by atoms with Gasteiger partial charge in [0.2, 0.25) is 4.96 Å². The molecule has 0 spiro atoms. The summed E-state index contributed by atoms with van der Waals surface area (Å²) in [5, 5.41) is 12.3. The molecular formula is C18H14Cl2N4O2S2. The van der Waals surface area contributed by atoms with Gasteiger partial charge in [-0.15, -0.1) is 27.8 Å². The number of thiophene rings is 1. The number of carbonyl (C=O) groups is 1. The highest BCUT2D eigenvalue weighted by Gasteiger charge is 2.12. The summed E-state index contributed by atoms with van der Waals surface area (Å²) < 4.78 is 7.26. The smallest absolute Gasteiger partial charge is 0.257 e. The van der Waals surface area contributed by atoms with Crippen molar-refractivity contribution in [2.75, 3.05) is 13.2 Å². The van der Waals surface area contributed by atoms with E-state index in [1.807, 2.05) is 27.4 Å². The molecule has 4 rings (SSSR count). The van der Waals surface area contributed by atoms with Crippen LogP contribution in [0, 0.1) is 0 Å². The lowest BCUT2D eigenvalue weighted by atomic mass is 10.3. The average Bonchev–Trinajstić information content (AvgIpc) is 3.38. The number of nitrogens with zero attached hydrogens (tertiary/aromatic N) is 3. The predicted molar refractivity (Wildman–Crippen MR) is 113 cm³/mol. The quantitative estimate of drug-likeness (QED) is 0.445. The number of hydrogen-bond donors (Lipinski definition) is 1. The van der Waals surface area contributed by atoms with Crippen LogP contribution in [0.25, 0.3) is 15.7 Å². The van der Waals surface area contributed by atoms with Crippen molar-refractivity contribution in [2.45, 2.75) is 6.42 Å². The van der Waals surface area contributed by atoms with E-state index in [2.05, 4.69) is 15.4 Å². The van der Waals surface area contributed by atoms with Gasteiger partial charge in [0.05, 0.1) is 15.6 Å². The summed E-state index contributed by atoms with van der Waals surface area (Å²) in [6.07, 6.45) is 0.640. The molecule has 6 nitrogen and oxygen atoms in total. The van der Waals surface area contributed by atoms with Crippen molar-refractivity contribution in [1.29, 1.82) is 0 Å². The molecule has 0 aliphatic heterocycles. The van der Waals surface area contributed by atoms with E-state index in [9.17, 15) is 4.79 Å². The molecule has 10 heteroatoms. The molecule has 3 aromatic heterocycles. The monoisotopic (exact) mass is 452 g/mol. The summed E-state index contributed by atoms with van der Waals surface area (Å²) in [5.74, 6) is 0.917. The third-order valence-corrected chi connectivity index (χ3v) is 6.11. The van der Waals surface area contributed by atoms with Crippen LogP contribution in [-0.4, -0.2) is 33.7 Å². The maximum atomic E-state index is 12.0. The molecule has 28 heavy (non-hydrogen) atoms. The summed E-state index contributed by atoms with van der Waals surface area (Å²) in [7, 11) is 0. The van der Waals surface area contributed by atoms with Crippen LogP contribution < -0.4 is 10.1 Å². The molecule has 0 fully saturated rings. The number of rotatable bonds is 7. The molecule has 1 N–H and O–H groups in total. The van der Waals surface area contributed by atoms with Crippen molar-refractivity contribution in [3.05, 3.63) is 56.8 Å². The Balaban J connectivity index is 1.30. The van der Waals surface area contributed by atoms with Crippen molar-refractivity contribution in [3.63, 3.8) is 0 Å². The summed E-state index contributed by atoms with van der Waals surface area (Å²) in [5.41, 5.74) is 0.997. The first kappa shape index (κ1) is 19.2. The Morgan fingerprint density at radius 3 is 2.93 bits per heavy atom. The molecule has 144 valence electrons. The first-order chi connectivity index (χ1) is 13.6. The highest BCUT2D eigenvalue weighted by molar-refractivity contribution is 7.15. The molecule has 3 heterocycles. The molecule has 1 amide bonds. The topological polar surface area (TPSA) is 68.5 Å². The number of aromatic nitrogens is 3. The third kappa shape index (κ3) is 4.30. The normalized spacial score (nSPS) is 11.1. The maximum absolute atomic E-state index is 12.0. The van der Waals surface area contributed by atoms with Crippen LogP contribution in [0.3, 0.4) is 0 Å². The second-order valence-corrected chi connectivity index (χ2v) is 8.43. The van der Waals surface area contributed by atoms with Crippen molar-refractivity contribution in [3.8, 4) is 16.5 Å². The second-order valence-electron chi connectivity index (χ2n) is 5.80. The number of nitrogens with one attached hydrogen (secondary N) is 1. The van der Waals surface area contributed by atoms with Gasteiger partial charge in [0, 0.05) is 23.4 Å². The highest BCUT2D eigenvalue weighted by atomic mass is 35.5. The summed E-state index contributed by atoms with van der Waals surface area (Å²) in [4.78, 5) is 18.4. The van der Waals surface area contributed by atoms with Gasteiger partial charge in [0.15, 0.2) is 12.4 Å². The Bertz CT molecular complexity index is 1110. The summed E-state index contributed by atoms with van der Waals surface area (Å²) in [6.45, 7) is 0.350. The van der Waals surface area contributed by atoms with Crippen molar-refractivity contribution < 1.29 is 9.53 Å². The molecule has 0 saturated heterocycles. The molecular weight excluding hydrogens is 439 g/mol. The van der Waals surface area contributed by atoms with Gasteiger partial charge in [-0.25, -0.2) is 4.52 Å². The van der Waals surface area contributed by atoms with Crippen LogP contribution in [0.2, 0.25) is 10.0 Å². The predicted octanol–water partition coefficient (Wildman–Crippen LogP) is 4.56. The van der Waals surface area contributed by atoms with Crippen LogP contribution in [0.5, 0.6) is 5.75 Å². The van der Waals surface area contributed by atoms with Gasteiger partial charge in [-0.3, -0.25) is 4.79 Å². The molecule has 0 saturated carbocycles. The largest absolute Gasteiger partial charge is 0.482 e. The fourth-order valence-electron chi connectivity index (χ4n) is 2.52. The van der Waals surface area contributed by atoms with E-state index in [-0.39, 0.29) is 12.5 Å². The van der Waals surface area contributed by atoms with E-state index >= 15 is 0 Å². The minimum Gasteiger partial charge on any atom is -0.482 e. The van der Waals surface area contributed by atoms with Crippen molar-refractivity contribution in [2.24, 2.45) is 0 Å². The lowest BCUT2D eigenvalue weighted by molar-refractivity contribution is -0.123. The van der Waals surface area contributed by atoms with E-state index in [4.69, 9.17) is 27.9 Å².